The second-order valence-electron chi connectivity index (χ2n) is 7.16. The largest absolute Gasteiger partial charge is 0.497 e. The molecule has 1 N–H and O–H groups in total. The van der Waals surface area contributed by atoms with Crippen molar-refractivity contribution in [1.29, 1.82) is 0 Å². The van der Waals surface area contributed by atoms with E-state index in [4.69, 9.17) is 9.31 Å². The van der Waals surface area contributed by atoms with Crippen molar-refractivity contribution in [2.75, 3.05) is 0 Å². The smallest absolute Gasteiger partial charge is 0.399 e. The Labute approximate surface area is 134 Å². The Kier molecular flexibility index (Phi) is 3.76. The van der Waals surface area contributed by atoms with Crippen molar-refractivity contribution in [2.24, 2.45) is 0 Å². The van der Waals surface area contributed by atoms with Crippen molar-refractivity contribution in [3.63, 3.8) is 0 Å². The molecule has 1 saturated carbocycles. The first-order valence-electron chi connectivity index (χ1n) is 7.77. The van der Waals surface area contributed by atoms with Crippen molar-refractivity contribution in [3.05, 3.63) is 29.3 Å². The fraction of sp³-hybridized carbons (Fsp3) is 0.562. The van der Waals surface area contributed by atoms with Crippen LogP contribution >= 0.6 is 0 Å². The van der Waals surface area contributed by atoms with Crippen LogP contribution < -0.4 is 10.8 Å². The predicted molar refractivity (Wildman–Crippen MR) is 82.6 cm³/mol. The normalized spacial score (nSPS) is 22.3. The van der Waals surface area contributed by atoms with Gasteiger partial charge in [0.05, 0.1) is 11.2 Å². The van der Waals surface area contributed by atoms with E-state index in [1.54, 1.807) is 0 Å². The van der Waals surface area contributed by atoms with E-state index < -0.39 is 41.4 Å². The lowest BCUT2D eigenvalue weighted by atomic mass is 9.77. The molecule has 1 amide bonds. The molecule has 124 valence electrons. The lowest BCUT2D eigenvalue weighted by Gasteiger charge is -2.32. The van der Waals surface area contributed by atoms with Gasteiger partial charge in [0.25, 0.3) is 5.91 Å². The fourth-order valence-corrected chi connectivity index (χ4v) is 2.41. The summed E-state index contributed by atoms with van der Waals surface area (Å²) in [5.74, 6) is -2.55. The van der Waals surface area contributed by atoms with Crippen molar-refractivity contribution in [3.8, 4) is 0 Å². The Morgan fingerprint density at radius 1 is 1.17 bits per heavy atom. The summed E-state index contributed by atoms with van der Waals surface area (Å²) in [6.07, 6.45) is 1.68. The number of rotatable bonds is 3. The summed E-state index contributed by atoms with van der Waals surface area (Å²) >= 11 is 0. The van der Waals surface area contributed by atoms with Crippen molar-refractivity contribution < 1.29 is 22.9 Å². The molecule has 0 bridgehead atoms. The van der Waals surface area contributed by atoms with E-state index in [0.29, 0.717) is 0 Å². The minimum Gasteiger partial charge on any atom is -0.399 e. The number of benzene rings is 1. The fourth-order valence-electron chi connectivity index (χ4n) is 2.41. The van der Waals surface area contributed by atoms with Gasteiger partial charge in [-0.3, -0.25) is 4.79 Å². The van der Waals surface area contributed by atoms with Crippen LogP contribution in [0.5, 0.6) is 0 Å². The number of carbonyl (C=O) groups excluding carboxylic acids is 1. The lowest BCUT2D eigenvalue weighted by molar-refractivity contribution is 0.00578. The molecule has 4 nitrogen and oxygen atoms in total. The summed E-state index contributed by atoms with van der Waals surface area (Å²) in [5.41, 5.74) is -1.83. The second kappa shape index (κ2) is 5.28. The molecule has 1 aliphatic heterocycles. The van der Waals surface area contributed by atoms with Gasteiger partial charge in [-0.25, -0.2) is 8.78 Å². The van der Waals surface area contributed by atoms with Crippen molar-refractivity contribution in [2.45, 2.75) is 57.8 Å². The minimum atomic E-state index is -0.979. The highest BCUT2D eigenvalue weighted by Crippen LogP contribution is 2.36. The maximum atomic E-state index is 14.7. The van der Waals surface area contributed by atoms with Crippen LogP contribution in [0, 0.1) is 11.6 Å². The summed E-state index contributed by atoms with van der Waals surface area (Å²) in [7, 11) is -0.979. The quantitative estimate of drug-likeness (QED) is 0.867. The average Bonchev–Trinajstić information content (AvgIpc) is 3.17. The highest BCUT2D eigenvalue weighted by molar-refractivity contribution is 6.62. The van der Waals surface area contributed by atoms with Gasteiger partial charge >= 0.3 is 7.12 Å². The molecule has 2 fully saturated rings. The molecule has 0 aromatic heterocycles. The third-order valence-electron chi connectivity index (χ3n) is 4.77. The molecule has 0 atom stereocenters. The van der Waals surface area contributed by atoms with Gasteiger partial charge in [0, 0.05) is 11.5 Å². The third-order valence-corrected chi connectivity index (χ3v) is 4.77. The Balaban J connectivity index is 1.93. The number of amides is 1. The van der Waals surface area contributed by atoms with Gasteiger partial charge < -0.3 is 14.6 Å². The van der Waals surface area contributed by atoms with Gasteiger partial charge in [0.2, 0.25) is 0 Å². The van der Waals surface area contributed by atoms with E-state index in [-0.39, 0.29) is 11.5 Å². The standard InChI is InChI=1S/C16H20BF2NO3/c1-15(2)16(3,4)23-17(22-15)10-7-8-11(18)12(13(10)19)14(21)20-9-5-6-9/h7-9H,5-6H2,1-4H3,(H,20,21). The molecular weight excluding hydrogens is 303 g/mol. The van der Waals surface area contributed by atoms with Crippen LogP contribution in [0.2, 0.25) is 0 Å². The summed E-state index contributed by atoms with van der Waals surface area (Å²) < 4.78 is 40.3. The number of nitrogens with one attached hydrogen (secondary N) is 1. The van der Waals surface area contributed by atoms with Gasteiger partial charge in [-0.1, -0.05) is 6.07 Å². The molecule has 1 aromatic rings. The molecule has 1 heterocycles. The van der Waals surface area contributed by atoms with Crippen LogP contribution in [0.15, 0.2) is 12.1 Å². The van der Waals surface area contributed by atoms with E-state index in [1.807, 2.05) is 27.7 Å². The summed E-state index contributed by atoms with van der Waals surface area (Å²) in [6, 6.07) is 2.35. The van der Waals surface area contributed by atoms with Crippen LogP contribution in [-0.2, 0) is 9.31 Å². The summed E-state index contributed by atoms with van der Waals surface area (Å²) in [4.78, 5) is 12.1. The Morgan fingerprint density at radius 3 is 2.26 bits per heavy atom. The molecule has 3 rings (SSSR count). The second-order valence-corrected chi connectivity index (χ2v) is 7.16. The van der Waals surface area contributed by atoms with Crippen molar-refractivity contribution >= 4 is 18.5 Å². The van der Waals surface area contributed by atoms with Gasteiger partial charge in [0.1, 0.15) is 17.2 Å². The number of hydrogen-bond donors (Lipinski definition) is 1. The summed E-state index contributed by atoms with van der Waals surface area (Å²) in [6.45, 7) is 7.37. The molecule has 0 unspecified atom stereocenters. The first-order valence-corrected chi connectivity index (χ1v) is 7.77. The van der Waals surface area contributed by atoms with Gasteiger partial charge in [-0.2, -0.15) is 0 Å². The van der Waals surface area contributed by atoms with Gasteiger partial charge in [-0.15, -0.1) is 0 Å². The van der Waals surface area contributed by atoms with Gasteiger partial charge in [0.15, 0.2) is 0 Å². The number of halogens is 2. The Hall–Kier alpha value is -1.47. The maximum Gasteiger partial charge on any atom is 0.497 e. The zero-order chi connectivity index (χ0) is 17.0. The van der Waals surface area contributed by atoms with Crippen LogP contribution in [0.25, 0.3) is 0 Å². The minimum absolute atomic E-state index is 0.0156. The molecular formula is C16H20BF2NO3. The van der Waals surface area contributed by atoms with Crippen LogP contribution in [-0.4, -0.2) is 30.3 Å². The molecule has 0 radical (unpaired) electrons. The van der Waals surface area contributed by atoms with Crippen LogP contribution in [0.4, 0.5) is 8.78 Å². The van der Waals surface area contributed by atoms with E-state index >= 15 is 0 Å². The Morgan fingerprint density at radius 2 is 1.74 bits per heavy atom. The highest BCUT2D eigenvalue weighted by atomic mass is 19.1. The average molecular weight is 323 g/mol. The first kappa shape index (κ1) is 16.4. The molecule has 1 aromatic carbocycles. The number of hydrogen-bond acceptors (Lipinski definition) is 3. The predicted octanol–water partition coefficient (Wildman–Crippen LogP) is 2.16. The molecule has 1 saturated heterocycles. The SMILES string of the molecule is CC1(C)OB(c2ccc(F)c(C(=O)NC3CC3)c2F)OC1(C)C. The first-order chi connectivity index (χ1) is 10.6. The number of carbonyl (C=O) groups is 1. The zero-order valence-corrected chi connectivity index (χ0v) is 13.7. The maximum absolute atomic E-state index is 14.7. The highest BCUT2D eigenvalue weighted by Gasteiger charge is 2.52. The Bertz CT molecular complexity index is 643. The summed E-state index contributed by atoms with van der Waals surface area (Å²) in [5, 5.41) is 2.60. The van der Waals surface area contributed by atoms with E-state index in [9.17, 15) is 13.6 Å². The van der Waals surface area contributed by atoms with Gasteiger partial charge in [-0.05, 0) is 46.6 Å². The van der Waals surface area contributed by atoms with Crippen molar-refractivity contribution in [1.82, 2.24) is 5.32 Å². The monoisotopic (exact) mass is 323 g/mol. The van der Waals surface area contributed by atoms with E-state index in [2.05, 4.69) is 5.32 Å². The van der Waals surface area contributed by atoms with Crippen LogP contribution in [0.1, 0.15) is 50.9 Å². The topological polar surface area (TPSA) is 47.6 Å². The van der Waals surface area contributed by atoms with E-state index in [1.165, 1.54) is 6.07 Å². The lowest BCUT2D eigenvalue weighted by Crippen LogP contribution is -2.41. The third kappa shape index (κ3) is 2.88. The molecule has 23 heavy (non-hydrogen) atoms. The molecule has 2 aliphatic rings. The molecule has 0 spiro atoms. The van der Waals surface area contributed by atoms with Crippen LogP contribution in [0.3, 0.4) is 0 Å². The molecule has 7 heteroatoms. The zero-order valence-electron chi connectivity index (χ0n) is 13.7. The molecule has 1 aliphatic carbocycles. The van der Waals surface area contributed by atoms with E-state index in [0.717, 1.165) is 18.9 Å².